The second-order valence-corrected chi connectivity index (χ2v) is 4.36. The van der Waals surface area contributed by atoms with Crippen LogP contribution in [0.25, 0.3) is 0 Å². The fourth-order valence-corrected chi connectivity index (χ4v) is 1.71. The van der Waals surface area contributed by atoms with E-state index in [1.165, 1.54) is 22.9 Å². The van der Waals surface area contributed by atoms with Gasteiger partial charge in [0.15, 0.2) is 0 Å². The molecule has 1 aromatic rings. The first-order valence-corrected chi connectivity index (χ1v) is 5.44. The van der Waals surface area contributed by atoms with Crippen molar-refractivity contribution >= 4 is 28.8 Å². The number of benzene rings is 1. The van der Waals surface area contributed by atoms with Gasteiger partial charge in [-0.1, -0.05) is 29.8 Å². The van der Waals surface area contributed by atoms with E-state index in [1.54, 1.807) is 6.19 Å². The second-order valence-electron chi connectivity index (χ2n) is 2.75. The molecule has 0 aliphatic carbocycles. The number of hydrogen-bond acceptors (Lipinski definition) is 4. The predicted octanol–water partition coefficient (Wildman–Crippen LogP) is -0.384. The fraction of sp³-hybridized carbons (Fsp3) is 0.200. The maximum Gasteiger partial charge on any atom is 1.00 e. The Morgan fingerprint density at radius 3 is 2.60 bits per heavy atom. The van der Waals surface area contributed by atoms with E-state index in [9.17, 15) is 0 Å². The first-order valence-electron chi connectivity index (χ1n) is 4.04. The molecule has 72 valence electrons. The Morgan fingerprint density at radius 1 is 1.47 bits per heavy atom. The first kappa shape index (κ1) is 15.6. The Labute approximate surface area is 142 Å². The van der Waals surface area contributed by atoms with E-state index in [0.717, 1.165) is 5.75 Å². The van der Waals surface area contributed by atoms with Gasteiger partial charge < -0.3 is 12.6 Å². The molecule has 15 heavy (non-hydrogen) atoms. The Morgan fingerprint density at radius 2 is 2.07 bits per heavy atom. The van der Waals surface area contributed by atoms with Crippen LogP contribution in [0.2, 0.25) is 0 Å². The number of nitrogens with zero attached hydrogens (tertiary/aromatic N) is 2. The van der Waals surface area contributed by atoms with Crippen LogP contribution in [0.15, 0.2) is 29.3 Å². The van der Waals surface area contributed by atoms with Crippen molar-refractivity contribution in [1.82, 2.24) is 0 Å². The summed E-state index contributed by atoms with van der Waals surface area (Å²) in [5.41, 5.74) is 2.43. The number of thioether (sulfide) groups is 1. The van der Waals surface area contributed by atoms with Crippen LogP contribution in [0.3, 0.4) is 0 Å². The molecule has 0 amide bonds. The molecule has 1 aromatic carbocycles. The van der Waals surface area contributed by atoms with Gasteiger partial charge in [-0.3, -0.25) is 0 Å². The summed E-state index contributed by atoms with van der Waals surface area (Å²) >= 11 is 6.25. The summed E-state index contributed by atoms with van der Waals surface area (Å²) < 4.78 is 0.396. The molecule has 0 spiro atoms. The molecule has 1 rings (SSSR count). The molecule has 0 aliphatic rings. The zero-order valence-electron chi connectivity index (χ0n) is 8.73. The van der Waals surface area contributed by atoms with Crippen molar-refractivity contribution in [3.8, 4) is 6.19 Å². The maximum atomic E-state index is 8.25. The van der Waals surface area contributed by atoms with Gasteiger partial charge in [-0.25, -0.2) is 0 Å². The van der Waals surface area contributed by atoms with E-state index in [-0.39, 0.29) is 51.4 Å². The number of hydrogen-bond donors (Lipinski definition) is 0. The van der Waals surface area contributed by atoms with Gasteiger partial charge in [0.1, 0.15) is 0 Å². The van der Waals surface area contributed by atoms with Crippen molar-refractivity contribution in [2.45, 2.75) is 12.7 Å². The Hall–Kier alpha value is 0.586. The second kappa shape index (κ2) is 8.71. The summed E-state index contributed by atoms with van der Waals surface area (Å²) in [5, 5.41) is 8.25. The third-order valence-electron chi connectivity index (χ3n) is 1.62. The molecule has 5 heteroatoms. The molecule has 0 saturated heterocycles. The van der Waals surface area contributed by atoms with Crippen molar-refractivity contribution in [3.05, 3.63) is 35.4 Å². The predicted molar refractivity (Wildman–Crippen MR) is 62.9 cm³/mol. The van der Waals surface area contributed by atoms with Gasteiger partial charge in [0.2, 0.25) is 6.19 Å². The number of aryl methyl sites for hydroxylation is 1. The molecule has 0 heterocycles. The van der Waals surface area contributed by atoms with E-state index in [0.29, 0.717) is 4.38 Å². The summed E-state index contributed by atoms with van der Waals surface area (Å²) in [6.07, 6.45) is 1.68. The summed E-state index contributed by atoms with van der Waals surface area (Å²) in [6, 6.07) is 8.22. The summed E-state index contributed by atoms with van der Waals surface area (Å²) in [7, 11) is 0. The van der Waals surface area contributed by atoms with E-state index in [1.807, 2.05) is 6.92 Å². The molecule has 0 saturated carbocycles. The van der Waals surface area contributed by atoms with Crippen LogP contribution in [0, 0.1) is 18.4 Å². The summed E-state index contributed by atoms with van der Waals surface area (Å²) in [5.74, 6) is 0.768. The molecule has 0 radical (unpaired) electrons. The van der Waals surface area contributed by atoms with E-state index >= 15 is 0 Å². The quantitative estimate of drug-likeness (QED) is 0.239. The third-order valence-corrected chi connectivity index (χ3v) is 2.88. The van der Waals surface area contributed by atoms with Crippen molar-refractivity contribution in [2.24, 2.45) is 4.99 Å². The molecular formula is C10H9KN2S2. The van der Waals surface area contributed by atoms with E-state index in [2.05, 4.69) is 29.3 Å². The first-order chi connectivity index (χ1) is 6.72. The fourth-order valence-electron chi connectivity index (χ4n) is 0.902. The van der Waals surface area contributed by atoms with Crippen molar-refractivity contribution in [2.75, 3.05) is 0 Å². The van der Waals surface area contributed by atoms with Gasteiger partial charge in [0.25, 0.3) is 0 Å². The average Bonchev–Trinajstić information content (AvgIpc) is 2.17. The standard InChI is InChI=1S/C10H10N2S2.K/c1-8-2-4-9(5-3-8)6-14-10(13)12-7-11;/h2-5H,6H2,1H3,(H,12,13);/q;+1/p-1. The van der Waals surface area contributed by atoms with Gasteiger partial charge in [-0.05, 0) is 16.9 Å². The van der Waals surface area contributed by atoms with Gasteiger partial charge >= 0.3 is 51.4 Å². The molecule has 0 atom stereocenters. The zero-order chi connectivity index (χ0) is 10.4. The van der Waals surface area contributed by atoms with Crippen LogP contribution in [0.1, 0.15) is 11.1 Å². The largest absolute Gasteiger partial charge is 1.00 e. The van der Waals surface area contributed by atoms with Gasteiger partial charge in [-0.15, -0.1) is 11.8 Å². The number of aliphatic imine (C=N–C) groups is 1. The minimum atomic E-state index is 0. The summed E-state index contributed by atoms with van der Waals surface area (Å²) in [4.78, 5) is 3.46. The van der Waals surface area contributed by atoms with Crippen LogP contribution in [0.5, 0.6) is 0 Å². The topological polar surface area (TPSA) is 36.1 Å². The average molecular weight is 260 g/mol. The van der Waals surface area contributed by atoms with Crippen LogP contribution in [-0.4, -0.2) is 4.38 Å². The SMILES string of the molecule is Cc1ccc(CSC([S-])=NC#N)cc1.[K+]. The van der Waals surface area contributed by atoms with Crippen molar-refractivity contribution in [1.29, 1.82) is 5.26 Å². The van der Waals surface area contributed by atoms with E-state index in [4.69, 9.17) is 17.9 Å². The van der Waals surface area contributed by atoms with Crippen LogP contribution in [-0.2, 0) is 18.4 Å². The van der Waals surface area contributed by atoms with Crippen LogP contribution >= 0.6 is 11.8 Å². The van der Waals surface area contributed by atoms with Crippen LogP contribution in [0.4, 0.5) is 0 Å². The molecule has 0 N–H and O–H groups in total. The third kappa shape index (κ3) is 6.69. The van der Waals surface area contributed by atoms with Crippen LogP contribution < -0.4 is 51.4 Å². The Bertz CT molecular complexity index is 368. The molecule has 2 nitrogen and oxygen atoms in total. The van der Waals surface area contributed by atoms with Crippen molar-refractivity contribution in [3.63, 3.8) is 0 Å². The maximum absolute atomic E-state index is 8.25. The van der Waals surface area contributed by atoms with Crippen molar-refractivity contribution < 1.29 is 51.4 Å². The molecule has 0 bridgehead atoms. The minimum Gasteiger partial charge on any atom is -0.752 e. The number of nitriles is 1. The van der Waals surface area contributed by atoms with E-state index < -0.39 is 0 Å². The molecule has 0 aromatic heterocycles. The monoisotopic (exact) mass is 260 g/mol. The molecule has 0 unspecified atom stereocenters. The van der Waals surface area contributed by atoms with Gasteiger partial charge in [0, 0.05) is 5.75 Å². The molecule has 0 aliphatic heterocycles. The smallest absolute Gasteiger partial charge is 0.752 e. The van der Waals surface area contributed by atoms with Gasteiger partial charge in [-0.2, -0.15) is 10.3 Å². The summed E-state index contributed by atoms with van der Waals surface area (Å²) in [6.45, 7) is 2.05. The zero-order valence-corrected chi connectivity index (χ0v) is 13.5. The minimum absolute atomic E-state index is 0. The Kier molecular flexibility index (Phi) is 9.05. The molecule has 0 fully saturated rings. The Balaban J connectivity index is 0.00000196. The number of rotatable bonds is 2. The van der Waals surface area contributed by atoms with Gasteiger partial charge in [0.05, 0.1) is 0 Å². The molecular weight excluding hydrogens is 251 g/mol. The normalized spacial score (nSPS) is 10.3.